The Kier molecular flexibility index (Phi) is 3.82. The highest BCUT2D eigenvalue weighted by Crippen LogP contribution is 2.21. The summed E-state index contributed by atoms with van der Waals surface area (Å²) < 4.78 is 6.10. The fourth-order valence-electron chi connectivity index (χ4n) is 1.80. The number of ether oxygens (including phenoxy) is 1. The second-order valence-corrected chi connectivity index (χ2v) is 4.94. The maximum Gasteiger partial charge on any atom is 0.193 e. The van der Waals surface area contributed by atoms with Crippen molar-refractivity contribution in [2.24, 2.45) is 0 Å². The SMILES string of the molecule is COc1cccc(C(=O)c2ccc(Br)cc2C)c1. The van der Waals surface area contributed by atoms with Crippen LogP contribution < -0.4 is 4.74 Å². The van der Waals surface area contributed by atoms with Gasteiger partial charge in [-0.2, -0.15) is 0 Å². The summed E-state index contributed by atoms with van der Waals surface area (Å²) in [7, 11) is 1.59. The van der Waals surface area contributed by atoms with Crippen molar-refractivity contribution in [3.05, 3.63) is 63.6 Å². The van der Waals surface area contributed by atoms with Crippen LogP contribution in [-0.4, -0.2) is 12.9 Å². The van der Waals surface area contributed by atoms with Crippen molar-refractivity contribution in [1.29, 1.82) is 0 Å². The summed E-state index contributed by atoms with van der Waals surface area (Å²) in [6, 6.07) is 12.8. The molecule has 0 bridgehead atoms. The number of halogens is 1. The standard InChI is InChI=1S/C15H13BrO2/c1-10-8-12(16)6-7-14(10)15(17)11-4-3-5-13(9-11)18-2/h3-9H,1-2H3. The average molecular weight is 305 g/mol. The molecule has 3 heteroatoms. The Labute approximate surface area is 115 Å². The molecule has 0 aliphatic carbocycles. The van der Waals surface area contributed by atoms with E-state index in [-0.39, 0.29) is 5.78 Å². The number of carbonyl (C=O) groups is 1. The van der Waals surface area contributed by atoms with Crippen LogP contribution in [0.4, 0.5) is 0 Å². The predicted octanol–water partition coefficient (Wildman–Crippen LogP) is 4.00. The van der Waals surface area contributed by atoms with Crippen molar-refractivity contribution in [3.63, 3.8) is 0 Å². The molecule has 2 nitrogen and oxygen atoms in total. The first-order valence-corrected chi connectivity index (χ1v) is 6.36. The number of ketones is 1. The third kappa shape index (κ3) is 2.62. The van der Waals surface area contributed by atoms with E-state index in [0.29, 0.717) is 16.9 Å². The maximum absolute atomic E-state index is 12.4. The van der Waals surface area contributed by atoms with Crippen molar-refractivity contribution >= 4 is 21.7 Å². The Morgan fingerprint density at radius 3 is 2.61 bits per heavy atom. The van der Waals surface area contributed by atoms with Gasteiger partial charge in [0, 0.05) is 15.6 Å². The van der Waals surface area contributed by atoms with E-state index in [1.54, 1.807) is 19.2 Å². The Balaban J connectivity index is 2.41. The number of carbonyl (C=O) groups excluding carboxylic acids is 1. The van der Waals surface area contributed by atoms with Crippen LogP contribution in [0.1, 0.15) is 21.5 Å². The van der Waals surface area contributed by atoms with Crippen molar-refractivity contribution in [2.75, 3.05) is 7.11 Å². The molecule has 0 fully saturated rings. The van der Waals surface area contributed by atoms with Gasteiger partial charge in [0.25, 0.3) is 0 Å². The van der Waals surface area contributed by atoms with Gasteiger partial charge in [0.05, 0.1) is 7.11 Å². The molecule has 0 atom stereocenters. The molecule has 0 unspecified atom stereocenters. The van der Waals surface area contributed by atoms with E-state index in [1.807, 2.05) is 37.3 Å². The fraction of sp³-hybridized carbons (Fsp3) is 0.133. The van der Waals surface area contributed by atoms with Gasteiger partial charge in [-0.15, -0.1) is 0 Å². The third-order valence-electron chi connectivity index (χ3n) is 2.77. The van der Waals surface area contributed by atoms with Gasteiger partial charge in [-0.25, -0.2) is 0 Å². The van der Waals surface area contributed by atoms with E-state index in [1.165, 1.54) is 0 Å². The Hall–Kier alpha value is -1.61. The van der Waals surface area contributed by atoms with Gasteiger partial charge in [0.15, 0.2) is 5.78 Å². The van der Waals surface area contributed by atoms with Gasteiger partial charge < -0.3 is 4.74 Å². The van der Waals surface area contributed by atoms with E-state index in [0.717, 1.165) is 10.0 Å². The molecule has 0 spiro atoms. The largest absolute Gasteiger partial charge is 0.497 e. The van der Waals surface area contributed by atoms with Gasteiger partial charge in [0.2, 0.25) is 0 Å². The Bertz CT molecular complexity index is 591. The zero-order valence-electron chi connectivity index (χ0n) is 10.2. The fourth-order valence-corrected chi connectivity index (χ4v) is 2.28. The summed E-state index contributed by atoms with van der Waals surface area (Å²) in [5.74, 6) is 0.703. The number of methoxy groups -OCH3 is 1. The molecule has 0 amide bonds. The maximum atomic E-state index is 12.4. The van der Waals surface area contributed by atoms with Crippen LogP contribution in [0.3, 0.4) is 0 Å². The van der Waals surface area contributed by atoms with E-state index in [2.05, 4.69) is 15.9 Å². The number of benzene rings is 2. The molecule has 0 N–H and O–H groups in total. The minimum atomic E-state index is 0.0129. The lowest BCUT2D eigenvalue weighted by atomic mass is 9.99. The molecule has 0 radical (unpaired) electrons. The van der Waals surface area contributed by atoms with Gasteiger partial charge in [-0.3, -0.25) is 4.79 Å². The van der Waals surface area contributed by atoms with Crippen molar-refractivity contribution in [3.8, 4) is 5.75 Å². The summed E-state index contributed by atoms with van der Waals surface area (Å²) in [6.07, 6.45) is 0. The minimum Gasteiger partial charge on any atom is -0.497 e. The highest BCUT2D eigenvalue weighted by atomic mass is 79.9. The number of aryl methyl sites for hydroxylation is 1. The van der Waals surface area contributed by atoms with Crippen LogP contribution in [0.2, 0.25) is 0 Å². The Morgan fingerprint density at radius 2 is 1.94 bits per heavy atom. The molecule has 2 aromatic carbocycles. The van der Waals surface area contributed by atoms with E-state index in [9.17, 15) is 4.79 Å². The second kappa shape index (κ2) is 5.36. The molecule has 18 heavy (non-hydrogen) atoms. The summed E-state index contributed by atoms with van der Waals surface area (Å²) in [5.41, 5.74) is 2.31. The van der Waals surface area contributed by atoms with Crippen molar-refractivity contribution < 1.29 is 9.53 Å². The normalized spacial score (nSPS) is 10.2. The lowest BCUT2D eigenvalue weighted by Crippen LogP contribution is -2.03. The zero-order valence-corrected chi connectivity index (χ0v) is 11.8. The van der Waals surface area contributed by atoms with E-state index >= 15 is 0 Å². The van der Waals surface area contributed by atoms with Gasteiger partial charge >= 0.3 is 0 Å². The Morgan fingerprint density at radius 1 is 1.17 bits per heavy atom. The number of hydrogen-bond donors (Lipinski definition) is 0. The van der Waals surface area contributed by atoms with Gasteiger partial charge in [0.1, 0.15) is 5.75 Å². The highest BCUT2D eigenvalue weighted by molar-refractivity contribution is 9.10. The third-order valence-corrected chi connectivity index (χ3v) is 3.26. The van der Waals surface area contributed by atoms with Crippen LogP contribution in [0.25, 0.3) is 0 Å². The lowest BCUT2D eigenvalue weighted by Gasteiger charge is -2.07. The molecule has 0 aliphatic rings. The molecular weight excluding hydrogens is 292 g/mol. The molecule has 2 aromatic rings. The topological polar surface area (TPSA) is 26.3 Å². The van der Waals surface area contributed by atoms with Crippen LogP contribution in [0, 0.1) is 6.92 Å². The first kappa shape index (κ1) is 12.8. The van der Waals surface area contributed by atoms with Crippen molar-refractivity contribution in [1.82, 2.24) is 0 Å². The smallest absolute Gasteiger partial charge is 0.193 e. The predicted molar refractivity (Wildman–Crippen MR) is 75.3 cm³/mol. The summed E-state index contributed by atoms with van der Waals surface area (Å²) in [4.78, 5) is 12.4. The number of rotatable bonds is 3. The van der Waals surface area contributed by atoms with Crippen LogP contribution in [0.5, 0.6) is 5.75 Å². The zero-order chi connectivity index (χ0) is 13.1. The van der Waals surface area contributed by atoms with Gasteiger partial charge in [-0.1, -0.05) is 28.1 Å². The summed E-state index contributed by atoms with van der Waals surface area (Å²) in [6.45, 7) is 1.93. The molecule has 2 rings (SSSR count). The summed E-state index contributed by atoms with van der Waals surface area (Å²) in [5, 5.41) is 0. The molecule has 92 valence electrons. The lowest BCUT2D eigenvalue weighted by molar-refractivity contribution is 0.103. The minimum absolute atomic E-state index is 0.0129. The molecule has 0 saturated carbocycles. The van der Waals surface area contributed by atoms with E-state index in [4.69, 9.17) is 4.74 Å². The summed E-state index contributed by atoms with van der Waals surface area (Å²) >= 11 is 3.39. The van der Waals surface area contributed by atoms with Crippen LogP contribution >= 0.6 is 15.9 Å². The quantitative estimate of drug-likeness (QED) is 0.801. The monoisotopic (exact) mass is 304 g/mol. The average Bonchev–Trinajstić information content (AvgIpc) is 2.38. The first-order chi connectivity index (χ1) is 8.61. The molecule has 0 saturated heterocycles. The first-order valence-electron chi connectivity index (χ1n) is 5.56. The molecule has 0 heterocycles. The van der Waals surface area contributed by atoms with E-state index < -0.39 is 0 Å². The molecular formula is C15H13BrO2. The number of hydrogen-bond acceptors (Lipinski definition) is 2. The highest BCUT2D eigenvalue weighted by Gasteiger charge is 2.12. The van der Waals surface area contributed by atoms with Gasteiger partial charge in [-0.05, 0) is 42.8 Å². The van der Waals surface area contributed by atoms with Crippen molar-refractivity contribution in [2.45, 2.75) is 6.92 Å². The van der Waals surface area contributed by atoms with Crippen LogP contribution in [-0.2, 0) is 0 Å². The van der Waals surface area contributed by atoms with Crippen LogP contribution in [0.15, 0.2) is 46.9 Å². The second-order valence-electron chi connectivity index (χ2n) is 4.02. The molecule has 0 aliphatic heterocycles. The molecule has 0 aromatic heterocycles.